The molecule has 0 radical (unpaired) electrons. The van der Waals surface area contributed by atoms with Crippen LogP contribution in [0, 0.1) is 0 Å². The average molecular weight is 222 g/mol. The molecule has 0 spiro atoms. The quantitative estimate of drug-likeness (QED) is 0.533. The van der Waals surface area contributed by atoms with Crippen molar-refractivity contribution in [3.63, 3.8) is 0 Å². The highest BCUT2D eigenvalue weighted by Gasteiger charge is 2.57. The lowest BCUT2D eigenvalue weighted by molar-refractivity contribution is -0.296. The van der Waals surface area contributed by atoms with Gasteiger partial charge < -0.3 is 4.74 Å². The number of alkyl halides is 5. The van der Waals surface area contributed by atoms with Crippen molar-refractivity contribution in [2.24, 2.45) is 0 Å². The van der Waals surface area contributed by atoms with Gasteiger partial charge in [0.1, 0.15) is 6.61 Å². The van der Waals surface area contributed by atoms with E-state index < -0.39 is 18.7 Å². The average Bonchev–Trinajstić information content (AvgIpc) is 2.68. The predicted molar refractivity (Wildman–Crippen MR) is 38.1 cm³/mol. The summed E-state index contributed by atoms with van der Waals surface area (Å²) in [4.78, 5) is 0. The number of hydrogen-bond acceptors (Lipinski definition) is 2. The number of rotatable bonds is 4. The van der Waals surface area contributed by atoms with E-state index in [2.05, 4.69) is 4.74 Å². The third kappa shape index (κ3) is 3.30. The van der Waals surface area contributed by atoms with E-state index in [4.69, 9.17) is 0 Å². The van der Waals surface area contributed by atoms with Crippen molar-refractivity contribution >= 4 is 11.8 Å². The Morgan fingerprint density at radius 3 is 2.15 bits per heavy atom. The molecule has 0 aromatic heterocycles. The van der Waals surface area contributed by atoms with Crippen molar-refractivity contribution in [3.05, 3.63) is 0 Å². The van der Waals surface area contributed by atoms with Gasteiger partial charge in [-0.2, -0.15) is 33.7 Å². The van der Waals surface area contributed by atoms with Gasteiger partial charge in [-0.05, 0) is 0 Å². The predicted octanol–water partition coefficient (Wildman–Crippen LogP) is 2.32. The van der Waals surface area contributed by atoms with Gasteiger partial charge in [0.15, 0.2) is 0 Å². The van der Waals surface area contributed by atoms with Gasteiger partial charge in [-0.15, -0.1) is 0 Å². The Labute approximate surface area is 75.6 Å². The molecule has 1 heterocycles. The van der Waals surface area contributed by atoms with E-state index in [0.717, 1.165) is 5.75 Å². The molecule has 13 heavy (non-hydrogen) atoms. The summed E-state index contributed by atoms with van der Waals surface area (Å²) in [5.74, 6) is -3.95. The van der Waals surface area contributed by atoms with Gasteiger partial charge >= 0.3 is 12.1 Å². The lowest BCUT2D eigenvalue weighted by Crippen LogP contribution is -2.41. The third-order valence-corrected chi connectivity index (χ3v) is 2.35. The number of hydrogen-bond donors (Lipinski definition) is 0. The second-order valence-electron chi connectivity index (χ2n) is 2.67. The fraction of sp³-hybridized carbons (Fsp3) is 1.00. The fourth-order valence-electron chi connectivity index (χ4n) is 0.565. The molecule has 1 unspecified atom stereocenters. The van der Waals surface area contributed by atoms with Gasteiger partial charge in [-0.3, -0.25) is 0 Å². The summed E-state index contributed by atoms with van der Waals surface area (Å²) in [6.45, 7) is -1.61. The summed E-state index contributed by atoms with van der Waals surface area (Å²) in [6.07, 6.45) is -5.51. The largest absolute Gasteiger partial charge is 0.455 e. The molecule has 0 aromatic rings. The fourth-order valence-corrected chi connectivity index (χ4v) is 0.989. The first-order valence-electron chi connectivity index (χ1n) is 3.47. The molecule has 1 saturated heterocycles. The maximum atomic E-state index is 12.1. The zero-order valence-electron chi connectivity index (χ0n) is 6.40. The highest BCUT2D eigenvalue weighted by atomic mass is 32.2. The first kappa shape index (κ1) is 11.0. The lowest BCUT2D eigenvalue weighted by atomic mass is 10.3. The van der Waals surface area contributed by atoms with Crippen molar-refractivity contribution in [2.45, 2.75) is 17.3 Å². The minimum atomic E-state index is -5.51. The Bertz CT molecular complexity index is 176. The monoisotopic (exact) mass is 222 g/mol. The molecule has 0 aromatic carbocycles. The van der Waals surface area contributed by atoms with E-state index in [1.165, 1.54) is 11.8 Å². The molecule has 0 bridgehead atoms. The van der Waals surface area contributed by atoms with Crippen LogP contribution in [-0.2, 0) is 4.74 Å². The van der Waals surface area contributed by atoms with Gasteiger partial charge in [-0.25, -0.2) is 0 Å². The van der Waals surface area contributed by atoms with Gasteiger partial charge in [0.05, 0.1) is 6.61 Å². The highest BCUT2D eigenvalue weighted by Crippen LogP contribution is 2.36. The van der Waals surface area contributed by atoms with Crippen LogP contribution in [0.1, 0.15) is 0 Å². The number of halogens is 5. The molecule has 1 nitrogen and oxygen atoms in total. The van der Waals surface area contributed by atoms with Crippen LogP contribution < -0.4 is 0 Å². The molecule has 0 amide bonds. The van der Waals surface area contributed by atoms with Crippen LogP contribution in [0.5, 0.6) is 0 Å². The molecule has 1 fully saturated rings. The van der Waals surface area contributed by atoms with Crippen LogP contribution in [-0.4, -0.2) is 36.3 Å². The Morgan fingerprint density at radius 2 is 1.77 bits per heavy atom. The maximum absolute atomic E-state index is 12.1. The SMILES string of the molecule is FC(F)(F)C(F)(F)COCC1CS1. The minimum absolute atomic E-state index is 0.0314. The van der Waals surface area contributed by atoms with Crippen molar-refractivity contribution in [1.82, 2.24) is 0 Å². The van der Waals surface area contributed by atoms with Gasteiger partial charge in [-0.1, -0.05) is 0 Å². The van der Waals surface area contributed by atoms with Gasteiger partial charge in [0.2, 0.25) is 0 Å². The van der Waals surface area contributed by atoms with E-state index in [9.17, 15) is 22.0 Å². The van der Waals surface area contributed by atoms with E-state index in [1.807, 2.05) is 0 Å². The van der Waals surface area contributed by atoms with Crippen LogP contribution in [0.3, 0.4) is 0 Å². The number of ether oxygens (including phenoxy) is 1. The normalized spacial score (nSPS) is 23.3. The van der Waals surface area contributed by atoms with E-state index in [1.54, 1.807) is 0 Å². The minimum Gasteiger partial charge on any atom is -0.374 e. The molecule has 1 atom stereocenters. The van der Waals surface area contributed by atoms with Crippen molar-refractivity contribution in [1.29, 1.82) is 0 Å². The van der Waals surface area contributed by atoms with Gasteiger partial charge in [0.25, 0.3) is 0 Å². The molecule has 1 rings (SSSR count). The molecule has 0 N–H and O–H groups in total. The van der Waals surface area contributed by atoms with Crippen molar-refractivity contribution < 1.29 is 26.7 Å². The van der Waals surface area contributed by atoms with Crippen LogP contribution >= 0.6 is 11.8 Å². The molecular weight excluding hydrogens is 215 g/mol. The molecule has 1 aliphatic rings. The summed E-state index contributed by atoms with van der Waals surface area (Å²) in [5, 5.41) is 0.101. The first-order valence-corrected chi connectivity index (χ1v) is 4.52. The van der Waals surface area contributed by atoms with Crippen LogP contribution in [0.15, 0.2) is 0 Å². The summed E-state index contributed by atoms with van der Waals surface area (Å²) < 4.78 is 63.2. The molecule has 7 heteroatoms. The van der Waals surface area contributed by atoms with Crippen LogP contribution in [0.4, 0.5) is 22.0 Å². The Kier molecular flexibility index (Phi) is 3.06. The molecular formula is C6H7F5OS. The Hall–Kier alpha value is -0.0400. The van der Waals surface area contributed by atoms with E-state index >= 15 is 0 Å². The lowest BCUT2D eigenvalue weighted by Gasteiger charge is -2.18. The summed E-state index contributed by atoms with van der Waals surface area (Å²) in [7, 11) is 0. The Morgan fingerprint density at radius 1 is 1.23 bits per heavy atom. The van der Waals surface area contributed by atoms with Crippen LogP contribution in [0.25, 0.3) is 0 Å². The summed E-state index contributed by atoms with van der Waals surface area (Å²) in [6, 6.07) is 0. The third-order valence-electron chi connectivity index (χ3n) is 1.40. The van der Waals surface area contributed by atoms with Crippen molar-refractivity contribution in [2.75, 3.05) is 19.0 Å². The standard InChI is InChI=1S/C6H7F5OS/c7-5(8,6(9,10)11)3-12-1-4-2-13-4/h4H,1-3H2. The second kappa shape index (κ2) is 3.61. The smallest absolute Gasteiger partial charge is 0.374 e. The molecule has 0 aliphatic carbocycles. The summed E-state index contributed by atoms with van der Waals surface area (Å²) >= 11 is 1.48. The zero-order chi connectivity index (χ0) is 10.1. The van der Waals surface area contributed by atoms with E-state index in [0.29, 0.717) is 0 Å². The van der Waals surface area contributed by atoms with Gasteiger partial charge in [0, 0.05) is 11.0 Å². The van der Waals surface area contributed by atoms with Crippen molar-refractivity contribution in [3.8, 4) is 0 Å². The topological polar surface area (TPSA) is 9.23 Å². The molecule has 0 saturated carbocycles. The number of thioether (sulfide) groups is 1. The van der Waals surface area contributed by atoms with E-state index in [-0.39, 0.29) is 11.9 Å². The Balaban J connectivity index is 2.23. The molecule has 78 valence electrons. The van der Waals surface area contributed by atoms with Crippen LogP contribution in [0.2, 0.25) is 0 Å². The summed E-state index contributed by atoms with van der Waals surface area (Å²) in [5.41, 5.74) is 0. The highest BCUT2D eigenvalue weighted by molar-refractivity contribution is 8.06. The first-order chi connectivity index (χ1) is 5.83. The molecule has 1 aliphatic heterocycles. The maximum Gasteiger partial charge on any atom is 0.455 e. The second-order valence-corrected chi connectivity index (χ2v) is 4.01. The zero-order valence-corrected chi connectivity index (χ0v) is 7.22.